The fourth-order valence-electron chi connectivity index (χ4n) is 6.05. The summed E-state index contributed by atoms with van der Waals surface area (Å²) in [6.45, 7) is 6.44. The Morgan fingerprint density at radius 1 is 0.780 bits per heavy atom. The second-order valence-corrected chi connectivity index (χ2v) is 10.7. The molecule has 0 radical (unpaired) electrons. The van der Waals surface area contributed by atoms with Crippen molar-refractivity contribution in [1.82, 2.24) is 9.47 Å². The van der Waals surface area contributed by atoms with Crippen LogP contribution in [-0.2, 0) is 11.3 Å². The quantitative estimate of drug-likeness (QED) is 0.202. The summed E-state index contributed by atoms with van der Waals surface area (Å²) in [7, 11) is 0. The summed E-state index contributed by atoms with van der Waals surface area (Å²) in [4.78, 5) is 18.3. The van der Waals surface area contributed by atoms with Crippen LogP contribution in [0.3, 0.4) is 0 Å². The Morgan fingerprint density at radius 3 is 2.20 bits per heavy atom. The number of carbonyl (C=O) groups is 1. The van der Waals surface area contributed by atoms with Crippen molar-refractivity contribution in [2.45, 2.75) is 25.8 Å². The van der Waals surface area contributed by atoms with E-state index < -0.39 is 0 Å². The van der Waals surface area contributed by atoms with Gasteiger partial charge in [-0.1, -0.05) is 91.0 Å². The molecule has 1 amide bonds. The average Bonchev–Trinajstić information content (AvgIpc) is 3.39. The number of fused-ring (bicyclic) bond motifs is 1. The Balaban J connectivity index is 1.25. The molecule has 1 aliphatic heterocycles. The molecule has 0 aliphatic carbocycles. The Bertz CT molecular complexity index is 1590. The molecule has 5 nitrogen and oxygen atoms in total. The van der Waals surface area contributed by atoms with E-state index in [9.17, 15) is 4.79 Å². The molecule has 2 heterocycles. The summed E-state index contributed by atoms with van der Waals surface area (Å²) >= 11 is 0. The van der Waals surface area contributed by atoms with E-state index in [0.29, 0.717) is 26.1 Å². The van der Waals surface area contributed by atoms with Gasteiger partial charge in [0.1, 0.15) is 5.75 Å². The number of carbonyl (C=O) groups excluding carboxylic acids is 1. The zero-order chi connectivity index (χ0) is 28.0. The first kappa shape index (κ1) is 26.7. The molecule has 1 aliphatic rings. The highest BCUT2D eigenvalue weighted by Crippen LogP contribution is 2.36. The monoisotopic (exact) mass is 543 g/mol. The van der Waals surface area contributed by atoms with Crippen LogP contribution < -0.4 is 9.64 Å². The van der Waals surface area contributed by atoms with E-state index in [4.69, 9.17) is 4.74 Å². The maximum atomic E-state index is 13.9. The maximum absolute atomic E-state index is 13.9. The smallest absolute Gasteiger partial charge is 0.223 e. The van der Waals surface area contributed by atoms with Gasteiger partial charge in [-0.15, -0.1) is 0 Å². The summed E-state index contributed by atoms with van der Waals surface area (Å²) < 4.78 is 8.19. The van der Waals surface area contributed by atoms with Gasteiger partial charge in [0.15, 0.2) is 0 Å². The lowest BCUT2D eigenvalue weighted by Crippen LogP contribution is -2.49. The molecule has 5 aromatic rings. The predicted octanol–water partition coefficient (Wildman–Crippen LogP) is 6.96. The number of piperazine rings is 1. The van der Waals surface area contributed by atoms with Crippen LogP contribution in [0.5, 0.6) is 5.75 Å². The van der Waals surface area contributed by atoms with Crippen molar-refractivity contribution in [2.75, 3.05) is 37.7 Å². The Morgan fingerprint density at radius 2 is 1.44 bits per heavy atom. The van der Waals surface area contributed by atoms with Crippen LogP contribution in [0.1, 0.15) is 36.0 Å². The number of aromatic nitrogens is 1. The molecular formula is C36H37N3O2. The van der Waals surface area contributed by atoms with Crippen LogP contribution >= 0.6 is 0 Å². The van der Waals surface area contributed by atoms with Crippen molar-refractivity contribution < 1.29 is 9.53 Å². The van der Waals surface area contributed by atoms with Gasteiger partial charge in [0.25, 0.3) is 0 Å². The van der Waals surface area contributed by atoms with Gasteiger partial charge in [0.2, 0.25) is 5.91 Å². The van der Waals surface area contributed by atoms with Crippen molar-refractivity contribution in [1.29, 1.82) is 0 Å². The summed E-state index contributed by atoms with van der Waals surface area (Å²) in [5.74, 6) is 1.09. The van der Waals surface area contributed by atoms with Crippen LogP contribution in [0.25, 0.3) is 10.9 Å². The molecule has 0 saturated carbocycles. The van der Waals surface area contributed by atoms with Gasteiger partial charge in [-0.3, -0.25) is 4.79 Å². The minimum atomic E-state index is -0.0256. The second kappa shape index (κ2) is 12.3. The van der Waals surface area contributed by atoms with Gasteiger partial charge in [0.05, 0.1) is 12.3 Å². The van der Waals surface area contributed by atoms with E-state index in [1.807, 2.05) is 36.1 Å². The lowest BCUT2D eigenvalue weighted by atomic mass is 9.87. The first-order valence-corrected chi connectivity index (χ1v) is 14.6. The number of rotatable bonds is 9. The van der Waals surface area contributed by atoms with Crippen molar-refractivity contribution in [3.8, 4) is 5.75 Å². The largest absolute Gasteiger partial charge is 0.492 e. The standard InChI is InChI=1S/C36H37N3O2/c1-2-41-35-20-12-11-19-34(35)37-21-23-38(24-22-37)36(40)25-31(29-15-7-4-8-16-29)32-27-39(26-28-13-5-3-6-14-28)33-18-10-9-17-30(32)33/h3-20,27,31H,2,21-26H2,1H3. The third-order valence-electron chi connectivity index (χ3n) is 8.11. The first-order chi connectivity index (χ1) is 20.2. The Labute approximate surface area is 242 Å². The third kappa shape index (κ3) is 5.85. The van der Waals surface area contributed by atoms with E-state index in [1.165, 1.54) is 27.6 Å². The van der Waals surface area contributed by atoms with Crippen LogP contribution in [0, 0.1) is 0 Å². The molecule has 5 heteroatoms. The summed E-state index contributed by atoms with van der Waals surface area (Å²) in [6.07, 6.45) is 2.71. The zero-order valence-corrected chi connectivity index (χ0v) is 23.7. The fourth-order valence-corrected chi connectivity index (χ4v) is 6.05. The van der Waals surface area contributed by atoms with Gasteiger partial charge in [-0.2, -0.15) is 0 Å². The van der Waals surface area contributed by atoms with E-state index >= 15 is 0 Å². The number of hydrogen-bond acceptors (Lipinski definition) is 3. The molecule has 0 spiro atoms. The average molecular weight is 544 g/mol. The van der Waals surface area contributed by atoms with E-state index in [2.05, 4.69) is 101 Å². The molecule has 1 unspecified atom stereocenters. The van der Waals surface area contributed by atoms with Gasteiger partial charge in [0, 0.05) is 62.2 Å². The van der Waals surface area contributed by atoms with Crippen molar-refractivity contribution in [3.05, 3.63) is 132 Å². The third-order valence-corrected chi connectivity index (χ3v) is 8.11. The number of ether oxygens (including phenoxy) is 1. The molecule has 0 bridgehead atoms. The Kier molecular flexibility index (Phi) is 8.04. The lowest BCUT2D eigenvalue weighted by molar-refractivity contribution is -0.131. The van der Waals surface area contributed by atoms with Crippen molar-refractivity contribution in [2.24, 2.45) is 0 Å². The van der Waals surface area contributed by atoms with E-state index in [0.717, 1.165) is 31.1 Å². The minimum Gasteiger partial charge on any atom is -0.492 e. The van der Waals surface area contributed by atoms with Crippen LogP contribution in [-0.4, -0.2) is 48.2 Å². The molecule has 1 fully saturated rings. The molecule has 208 valence electrons. The molecule has 1 aromatic heterocycles. The highest BCUT2D eigenvalue weighted by Gasteiger charge is 2.28. The van der Waals surface area contributed by atoms with Crippen LogP contribution in [0.4, 0.5) is 5.69 Å². The molecule has 1 atom stereocenters. The topological polar surface area (TPSA) is 37.7 Å². The second-order valence-electron chi connectivity index (χ2n) is 10.7. The Hall–Kier alpha value is -4.51. The minimum absolute atomic E-state index is 0.0256. The van der Waals surface area contributed by atoms with E-state index in [1.54, 1.807) is 0 Å². The fraction of sp³-hybridized carbons (Fsp3) is 0.250. The van der Waals surface area contributed by atoms with Crippen LogP contribution in [0.15, 0.2) is 115 Å². The molecular weight excluding hydrogens is 506 g/mol. The number of amides is 1. The molecule has 41 heavy (non-hydrogen) atoms. The number of nitrogens with zero attached hydrogens (tertiary/aromatic N) is 3. The van der Waals surface area contributed by atoms with Crippen molar-refractivity contribution >= 4 is 22.5 Å². The SMILES string of the molecule is CCOc1ccccc1N1CCN(C(=O)CC(c2ccccc2)c2cn(Cc3ccccc3)c3ccccc23)CC1. The highest BCUT2D eigenvalue weighted by molar-refractivity contribution is 5.87. The van der Waals surface area contributed by atoms with Crippen molar-refractivity contribution in [3.63, 3.8) is 0 Å². The van der Waals surface area contributed by atoms with Gasteiger partial charge in [-0.25, -0.2) is 0 Å². The lowest BCUT2D eigenvalue weighted by Gasteiger charge is -2.37. The highest BCUT2D eigenvalue weighted by atomic mass is 16.5. The summed E-state index contributed by atoms with van der Waals surface area (Å²) in [5, 5.41) is 1.21. The number of para-hydroxylation sites is 3. The maximum Gasteiger partial charge on any atom is 0.223 e. The summed E-state index contributed by atoms with van der Waals surface area (Å²) in [5.41, 5.74) is 5.94. The molecule has 4 aromatic carbocycles. The van der Waals surface area contributed by atoms with E-state index in [-0.39, 0.29) is 11.8 Å². The number of hydrogen-bond donors (Lipinski definition) is 0. The predicted molar refractivity (Wildman–Crippen MR) is 167 cm³/mol. The number of benzene rings is 4. The van der Waals surface area contributed by atoms with Gasteiger partial charge in [-0.05, 0) is 41.8 Å². The van der Waals surface area contributed by atoms with Crippen LogP contribution in [0.2, 0.25) is 0 Å². The normalized spacial score (nSPS) is 14.3. The zero-order valence-electron chi connectivity index (χ0n) is 23.7. The number of anilines is 1. The molecule has 6 rings (SSSR count). The molecule has 0 N–H and O–H groups in total. The van der Waals surface area contributed by atoms with Gasteiger partial charge < -0.3 is 19.1 Å². The summed E-state index contributed by atoms with van der Waals surface area (Å²) in [6, 6.07) is 37.8. The first-order valence-electron chi connectivity index (χ1n) is 14.6. The van der Waals surface area contributed by atoms with Gasteiger partial charge >= 0.3 is 0 Å². The molecule has 1 saturated heterocycles.